The first-order chi connectivity index (χ1) is 12.0. The Morgan fingerprint density at radius 1 is 1.28 bits per heavy atom. The first kappa shape index (κ1) is 17.4. The summed E-state index contributed by atoms with van der Waals surface area (Å²) in [4.78, 5) is 13.8. The Labute approximate surface area is 154 Å². The molecule has 25 heavy (non-hydrogen) atoms. The molecule has 1 aromatic carbocycles. The molecular weight excluding hydrogens is 362 g/mol. The third-order valence-electron chi connectivity index (χ3n) is 3.62. The van der Waals surface area contributed by atoms with Gasteiger partial charge in [0.2, 0.25) is 5.89 Å². The molecule has 0 bridgehead atoms. The summed E-state index contributed by atoms with van der Waals surface area (Å²) < 4.78 is 9.81. The van der Waals surface area contributed by atoms with Gasteiger partial charge in [-0.25, -0.2) is 4.98 Å². The summed E-state index contributed by atoms with van der Waals surface area (Å²) in [5.74, 6) is -0.0898. The highest BCUT2D eigenvalue weighted by molar-refractivity contribution is 7.81. The molecule has 2 aliphatic carbocycles. The Morgan fingerprint density at radius 3 is 2.48 bits per heavy atom. The number of nitrogens with zero attached hydrogens (tertiary/aromatic N) is 1. The van der Waals surface area contributed by atoms with Crippen molar-refractivity contribution in [1.29, 1.82) is 0 Å². The smallest absolute Gasteiger partial charge is 0.325 e. The van der Waals surface area contributed by atoms with Crippen LogP contribution in [0.25, 0.3) is 22.3 Å². The third kappa shape index (κ3) is 3.81. The van der Waals surface area contributed by atoms with Crippen LogP contribution in [0.4, 0.5) is 0 Å². The van der Waals surface area contributed by atoms with Crippen molar-refractivity contribution in [2.75, 3.05) is 7.11 Å². The Bertz CT molecular complexity index is 894. The van der Waals surface area contributed by atoms with Gasteiger partial charge in [-0.15, -0.1) is 0 Å². The van der Waals surface area contributed by atoms with E-state index in [1.807, 2.05) is 30.3 Å². The van der Waals surface area contributed by atoms with Crippen LogP contribution in [0.3, 0.4) is 0 Å². The Hall–Kier alpha value is -2.44. The average molecular weight is 376 g/mol. The zero-order valence-electron chi connectivity index (χ0n) is 13.1. The fraction of sp³-hybridized carbons (Fsp3) is 0.111. The van der Waals surface area contributed by atoms with E-state index in [-0.39, 0.29) is 5.89 Å². The molecule has 0 amide bonds. The van der Waals surface area contributed by atoms with E-state index in [2.05, 4.69) is 28.1 Å². The molecule has 0 saturated carbocycles. The number of methoxy groups -OCH3 is 1. The van der Waals surface area contributed by atoms with Gasteiger partial charge in [-0.1, -0.05) is 23.7 Å². The van der Waals surface area contributed by atoms with E-state index in [1.165, 1.54) is 23.6 Å². The number of benzene rings is 2. The number of thiol groups is 1. The molecule has 0 saturated heterocycles. The second kappa shape index (κ2) is 7.21. The van der Waals surface area contributed by atoms with Gasteiger partial charge in [0.1, 0.15) is 12.0 Å². The van der Waals surface area contributed by atoms with Crippen LogP contribution in [0.2, 0.25) is 5.02 Å². The molecule has 1 unspecified atom stereocenters. The summed E-state index contributed by atoms with van der Waals surface area (Å²) in [7, 11) is 1.67. The number of carbonyl (C=O) groups is 1. The van der Waals surface area contributed by atoms with Crippen LogP contribution in [-0.2, 0) is 4.79 Å². The summed E-state index contributed by atoms with van der Waals surface area (Å²) in [6.07, 6.45) is 2.68. The highest BCUT2D eigenvalue weighted by Gasteiger charge is 2.22. The number of rotatable bonds is 4. The molecule has 2 aromatic rings. The maximum atomic E-state index is 10.2. The minimum atomic E-state index is -1.06. The van der Waals surface area contributed by atoms with Crippen LogP contribution in [0, 0.1) is 0 Å². The molecule has 1 N–H and O–H groups in total. The van der Waals surface area contributed by atoms with Crippen molar-refractivity contribution < 1.29 is 19.1 Å². The highest BCUT2D eigenvalue weighted by Crippen LogP contribution is 2.49. The van der Waals surface area contributed by atoms with E-state index in [4.69, 9.17) is 21.4 Å². The standard InChI is InChI=1S/C13H9ClO.C5H5NO3S/c1-15-10-4-2-8(3-5-10)13-11-6-9(11)7-12(13)14;7-5(8)3(10)4-6-1-2-9-4/h2-7H,1H3;1-3,10H,(H,7,8). The van der Waals surface area contributed by atoms with Crippen molar-refractivity contribution in [2.24, 2.45) is 0 Å². The molecule has 1 heterocycles. The lowest BCUT2D eigenvalue weighted by Crippen LogP contribution is -2.04. The number of aromatic nitrogens is 1. The number of carboxylic acids is 1. The van der Waals surface area contributed by atoms with Crippen molar-refractivity contribution in [3.8, 4) is 28.0 Å². The van der Waals surface area contributed by atoms with Crippen molar-refractivity contribution in [1.82, 2.24) is 4.98 Å². The van der Waals surface area contributed by atoms with Gasteiger partial charge in [0.15, 0.2) is 5.25 Å². The Balaban J connectivity index is 0.000000160. The van der Waals surface area contributed by atoms with Gasteiger partial charge < -0.3 is 14.3 Å². The quantitative estimate of drug-likeness (QED) is 0.505. The topological polar surface area (TPSA) is 72.6 Å². The van der Waals surface area contributed by atoms with Gasteiger partial charge in [0, 0.05) is 10.6 Å². The van der Waals surface area contributed by atoms with E-state index in [1.54, 1.807) is 7.11 Å². The van der Waals surface area contributed by atoms with Crippen LogP contribution in [0.15, 0.2) is 53.3 Å². The molecule has 1 atom stereocenters. The zero-order chi connectivity index (χ0) is 18.0. The van der Waals surface area contributed by atoms with Crippen LogP contribution < -0.4 is 4.74 Å². The first-order valence-corrected chi connectivity index (χ1v) is 8.19. The predicted octanol–water partition coefficient (Wildman–Crippen LogP) is 4.73. The van der Waals surface area contributed by atoms with E-state index in [0.717, 1.165) is 21.9 Å². The van der Waals surface area contributed by atoms with E-state index in [9.17, 15) is 4.79 Å². The number of carboxylic acid groups (broad SMARTS) is 1. The highest BCUT2D eigenvalue weighted by atomic mass is 35.5. The molecule has 1 aromatic heterocycles. The Morgan fingerprint density at radius 2 is 2.00 bits per heavy atom. The lowest BCUT2D eigenvalue weighted by molar-refractivity contribution is -0.136. The number of oxazole rings is 1. The van der Waals surface area contributed by atoms with Gasteiger partial charge in [0.25, 0.3) is 0 Å². The minimum absolute atomic E-state index is 0.107. The molecule has 5 nitrogen and oxygen atoms in total. The number of fused-ring (bicyclic) bond motifs is 1. The number of ether oxygens (including phenoxy) is 1. The molecule has 2 aliphatic rings. The average Bonchev–Trinajstić information content (AvgIpc) is 3.02. The largest absolute Gasteiger partial charge is 0.497 e. The fourth-order valence-electron chi connectivity index (χ4n) is 2.32. The molecule has 4 rings (SSSR count). The zero-order valence-corrected chi connectivity index (χ0v) is 14.8. The molecule has 0 spiro atoms. The van der Waals surface area contributed by atoms with Crippen LogP contribution in [0.1, 0.15) is 11.1 Å². The van der Waals surface area contributed by atoms with Gasteiger partial charge in [-0.05, 0) is 41.0 Å². The van der Waals surface area contributed by atoms with Crippen LogP contribution >= 0.6 is 24.2 Å². The number of hydrogen-bond donors (Lipinski definition) is 2. The molecule has 0 aliphatic heterocycles. The second-order valence-electron chi connectivity index (χ2n) is 5.22. The number of hydrogen-bond acceptors (Lipinski definition) is 5. The summed E-state index contributed by atoms with van der Waals surface area (Å²) in [5, 5.41) is 8.25. The van der Waals surface area contributed by atoms with Crippen LogP contribution in [0.5, 0.6) is 5.75 Å². The summed E-state index contributed by atoms with van der Waals surface area (Å²) in [6.45, 7) is 0. The van der Waals surface area contributed by atoms with Gasteiger partial charge in [0.05, 0.1) is 13.3 Å². The summed E-state index contributed by atoms with van der Waals surface area (Å²) >= 11 is 9.87. The first-order valence-electron chi connectivity index (χ1n) is 7.30. The predicted molar refractivity (Wildman–Crippen MR) is 98.3 cm³/mol. The third-order valence-corrected chi connectivity index (χ3v) is 4.36. The van der Waals surface area contributed by atoms with E-state index in [0.29, 0.717) is 0 Å². The molecular formula is C18H14ClNO4S. The SMILES string of the molecule is COc1ccc(-c2c(Cl)cc3cc2-3)cc1.O=C(O)C(S)c1ncco1. The van der Waals surface area contributed by atoms with Crippen molar-refractivity contribution in [3.63, 3.8) is 0 Å². The monoisotopic (exact) mass is 375 g/mol. The summed E-state index contributed by atoms with van der Waals surface area (Å²) in [5.41, 5.74) is 4.85. The lowest BCUT2D eigenvalue weighted by Gasteiger charge is -2.02. The van der Waals surface area contributed by atoms with Gasteiger partial charge in [-0.3, -0.25) is 4.79 Å². The number of halogens is 1. The van der Waals surface area contributed by atoms with Crippen molar-refractivity contribution in [3.05, 3.63) is 59.8 Å². The van der Waals surface area contributed by atoms with Gasteiger partial charge >= 0.3 is 5.97 Å². The molecule has 0 fully saturated rings. The Kier molecular flexibility index (Phi) is 5.01. The maximum absolute atomic E-state index is 10.2. The maximum Gasteiger partial charge on any atom is 0.325 e. The van der Waals surface area contributed by atoms with Crippen molar-refractivity contribution >= 4 is 30.2 Å². The summed E-state index contributed by atoms with van der Waals surface area (Å²) in [6, 6.07) is 12.1. The van der Waals surface area contributed by atoms with E-state index >= 15 is 0 Å². The molecule has 7 heteroatoms. The number of aliphatic carboxylic acids is 1. The van der Waals surface area contributed by atoms with E-state index < -0.39 is 11.2 Å². The normalized spacial score (nSPS) is 12.0. The minimum Gasteiger partial charge on any atom is -0.497 e. The molecule has 0 radical (unpaired) electrons. The fourth-order valence-corrected chi connectivity index (χ4v) is 2.77. The van der Waals surface area contributed by atoms with Crippen LogP contribution in [-0.4, -0.2) is 23.2 Å². The second-order valence-corrected chi connectivity index (χ2v) is 6.14. The molecule has 128 valence electrons. The van der Waals surface area contributed by atoms with Gasteiger partial charge in [-0.2, -0.15) is 12.6 Å². The van der Waals surface area contributed by atoms with Crippen molar-refractivity contribution in [2.45, 2.75) is 5.25 Å². The lowest BCUT2D eigenvalue weighted by atomic mass is 10.1.